The molecule has 0 fully saturated rings. The summed E-state index contributed by atoms with van der Waals surface area (Å²) in [5.74, 6) is -1.74. The highest BCUT2D eigenvalue weighted by molar-refractivity contribution is 5.91. The molecule has 2 rings (SSSR count). The van der Waals surface area contributed by atoms with Crippen molar-refractivity contribution in [2.45, 2.75) is 0 Å². The van der Waals surface area contributed by atoms with Gasteiger partial charge in [0.1, 0.15) is 5.75 Å². The van der Waals surface area contributed by atoms with Crippen molar-refractivity contribution in [3.05, 3.63) is 63.5 Å². The molecule has 0 aliphatic heterocycles. The standard InChI is InChI=1S/C15H9FN2O4/c16-13-6-9(2-4-15(13)20)11(8-17)5-10-1-3-12(19)7-14(10)18(21)22/h1-7,19-20H/b11-5+. The van der Waals surface area contributed by atoms with Crippen molar-refractivity contribution in [3.63, 3.8) is 0 Å². The van der Waals surface area contributed by atoms with Crippen molar-refractivity contribution in [1.82, 2.24) is 0 Å². The van der Waals surface area contributed by atoms with E-state index in [9.17, 15) is 19.6 Å². The Bertz CT molecular complexity index is 825. The van der Waals surface area contributed by atoms with E-state index in [-0.39, 0.29) is 28.1 Å². The quantitative estimate of drug-likeness (QED) is 0.391. The van der Waals surface area contributed by atoms with Crippen LogP contribution in [0.5, 0.6) is 11.5 Å². The van der Waals surface area contributed by atoms with Crippen LogP contribution in [-0.4, -0.2) is 15.1 Å². The number of hydrogen-bond donors (Lipinski definition) is 2. The number of aromatic hydroxyl groups is 2. The summed E-state index contributed by atoms with van der Waals surface area (Å²) in [7, 11) is 0. The zero-order chi connectivity index (χ0) is 16.3. The summed E-state index contributed by atoms with van der Waals surface area (Å²) in [6.45, 7) is 0. The Morgan fingerprint density at radius 2 is 2.00 bits per heavy atom. The molecule has 6 nitrogen and oxygen atoms in total. The van der Waals surface area contributed by atoms with Crippen molar-refractivity contribution in [1.29, 1.82) is 5.26 Å². The average molecular weight is 300 g/mol. The first-order chi connectivity index (χ1) is 10.4. The van der Waals surface area contributed by atoms with Crippen LogP contribution in [0.15, 0.2) is 36.4 Å². The predicted octanol–water partition coefficient (Wildman–Crippen LogP) is 3.21. The van der Waals surface area contributed by atoms with Gasteiger partial charge in [-0.05, 0) is 42.0 Å². The minimum atomic E-state index is -0.904. The molecular weight excluding hydrogens is 291 g/mol. The number of hydrogen-bond acceptors (Lipinski definition) is 5. The molecule has 0 aromatic heterocycles. The Hall–Kier alpha value is -3.40. The fraction of sp³-hybridized carbons (Fsp3) is 0. The lowest BCUT2D eigenvalue weighted by Crippen LogP contribution is -1.92. The van der Waals surface area contributed by atoms with Gasteiger partial charge in [0.15, 0.2) is 11.6 Å². The molecule has 0 atom stereocenters. The maximum Gasteiger partial charge on any atom is 0.280 e. The number of allylic oxidation sites excluding steroid dienone is 1. The molecule has 22 heavy (non-hydrogen) atoms. The number of halogens is 1. The van der Waals surface area contributed by atoms with Crippen LogP contribution in [0.3, 0.4) is 0 Å². The second-order valence-electron chi connectivity index (χ2n) is 4.34. The van der Waals surface area contributed by atoms with Crippen molar-refractivity contribution in [2.75, 3.05) is 0 Å². The van der Waals surface area contributed by atoms with E-state index in [1.54, 1.807) is 0 Å². The molecule has 2 N–H and O–H groups in total. The minimum Gasteiger partial charge on any atom is -0.508 e. The molecule has 7 heteroatoms. The van der Waals surface area contributed by atoms with Crippen LogP contribution in [0.2, 0.25) is 0 Å². The number of rotatable bonds is 3. The number of nitro benzene ring substituents is 1. The average Bonchev–Trinajstić information content (AvgIpc) is 2.48. The molecule has 0 amide bonds. The van der Waals surface area contributed by atoms with Crippen LogP contribution in [0.4, 0.5) is 10.1 Å². The number of nitriles is 1. The van der Waals surface area contributed by atoms with E-state index in [4.69, 9.17) is 10.4 Å². The third kappa shape index (κ3) is 3.02. The molecule has 0 spiro atoms. The maximum atomic E-state index is 13.3. The summed E-state index contributed by atoms with van der Waals surface area (Å²) in [5, 5.41) is 38.6. The molecule has 110 valence electrons. The van der Waals surface area contributed by atoms with Crippen molar-refractivity contribution in [2.24, 2.45) is 0 Å². The smallest absolute Gasteiger partial charge is 0.280 e. The lowest BCUT2D eigenvalue weighted by atomic mass is 10.0. The van der Waals surface area contributed by atoms with Gasteiger partial charge >= 0.3 is 0 Å². The molecule has 0 saturated heterocycles. The normalized spacial score (nSPS) is 11.0. The first-order valence-corrected chi connectivity index (χ1v) is 6.00. The molecule has 2 aromatic rings. The molecule has 0 aliphatic rings. The summed E-state index contributed by atoms with van der Waals surface area (Å²) in [6, 6.07) is 8.66. The zero-order valence-electron chi connectivity index (χ0n) is 11.0. The van der Waals surface area contributed by atoms with Gasteiger partial charge in [0.05, 0.1) is 28.2 Å². The first-order valence-electron chi connectivity index (χ1n) is 6.00. The van der Waals surface area contributed by atoms with Crippen LogP contribution < -0.4 is 0 Å². The lowest BCUT2D eigenvalue weighted by molar-refractivity contribution is -0.385. The predicted molar refractivity (Wildman–Crippen MR) is 76.3 cm³/mol. The highest BCUT2D eigenvalue weighted by atomic mass is 19.1. The zero-order valence-corrected chi connectivity index (χ0v) is 11.0. The number of phenols is 2. The van der Waals surface area contributed by atoms with E-state index >= 15 is 0 Å². The molecule has 0 radical (unpaired) electrons. The van der Waals surface area contributed by atoms with Gasteiger partial charge in [-0.2, -0.15) is 5.26 Å². The minimum absolute atomic E-state index is 0.0207. The molecule has 0 saturated carbocycles. The van der Waals surface area contributed by atoms with Gasteiger partial charge in [-0.15, -0.1) is 0 Å². The van der Waals surface area contributed by atoms with Crippen LogP contribution in [0.1, 0.15) is 11.1 Å². The molecule has 0 unspecified atom stereocenters. The maximum absolute atomic E-state index is 13.3. The summed E-state index contributed by atoms with van der Waals surface area (Å²) in [5.41, 5.74) is -0.146. The number of benzene rings is 2. The molecule has 2 aromatic carbocycles. The van der Waals surface area contributed by atoms with E-state index < -0.39 is 16.5 Å². The largest absolute Gasteiger partial charge is 0.508 e. The molecule has 0 heterocycles. The highest BCUT2D eigenvalue weighted by Gasteiger charge is 2.14. The van der Waals surface area contributed by atoms with E-state index in [0.717, 1.165) is 18.2 Å². The summed E-state index contributed by atoms with van der Waals surface area (Å²) in [6.07, 6.45) is 1.21. The van der Waals surface area contributed by atoms with Crippen LogP contribution in [-0.2, 0) is 0 Å². The summed E-state index contributed by atoms with van der Waals surface area (Å²) in [4.78, 5) is 10.3. The third-order valence-corrected chi connectivity index (χ3v) is 2.89. The van der Waals surface area contributed by atoms with Crippen molar-refractivity contribution >= 4 is 17.3 Å². The van der Waals surface area contributed by atoms with Crippen molar-refractivity contribution in [3.8, 4) is 17.6 Å². The Balaban J connectivity index is 2.57. The molecule has 0 bridgehead atoms. The highest BCUT2D eigenvalue weighted by Crippen LogP contribution is 2.29. The second-order valence-corrected chi connectivity index (χ2v) is 4.34. The van der Waals surface area contributed by atoms with Gasteiger partial charge in [0.2, 0.25) is 0 Å². The third-order valence-electron chi connectivity index (χ3n) is 2.89. The number of nitrogens with zero attached hydrogens (tertiary/aromatic N) is 2. The van der Waals surface area contributed by atoms with Gasteiger partial charge in [-0.3, -0.25) is 10.1 Å². The topological polar surface area (TPSA) is 107 Å². The lowest BCUT2D eigenvalue weighted by Gasteiger charge is -2.03. The van der Waals surface area contributed by atoms with E-state index in [1.165, 1.54) is 24.3 Å². The van der Waals surface area contributed by atoms with E-state index in [1.807, 2.05) is 6.07 Å². The van der Waals surface area contributed by atoms with Crippen LogP contribution in [0, 0.1) is 27.3 Å². The first kappa shape index (κ1) is 15.0. The van der Waals surface area contributed by atoms with E-state index in [0.29, 0.717) is 0 Å². The Labute approximate surface area is 124 Å². The van der Waals surface area contributed by atoms with Gasteiger partial charge in [0.25, 0.3) is 5.69 Å². The second kappa shape index (κ2) is 5.93. The van der Waals surface area contributed by atoms with Crippen LogP contribution in [0.25, 0.3) is 11.6 Å². The Kier molecular flexibility index (Phi) is 4.04. The summed E-state index contributed by atoms with van der Waals surface area (Å²) < 4.78 is 13.3. The van der Waals surface area contributed by atoms with Crippen molar-refractivity contribution < 1.29 is 19.5 Å². The molecule has 0 aliphatic carbocycles. The monoisotopic (exact) mass is 300 g/mol. The van der Waals surface area contributed by atoms with E-state index in [2.05, 4.69) is 0 Å². The number of phenolic OH excluding ortho intramolecular Hbond substituents is 2. The SMILES string of the molecule is N#C/C(=C\c1ccc(O)cc1[N+](=O)[O-])c1ccc(O)c(F)c1. The fourth-order valence-corrected chi connectivity index (χ4v) is 1.82. The van der Waals surface area contributed by atoms with Gasteiger partial charge in [-0.1, -0.05) is 0 Å². The van der Waals surface area contributed by atoms with Gasteiger partial charge in [0, 0.05) is 0 Å². The van der Waals surface area contributed by atoms with Crippen LogP contribution >= 0.6 is 0 Å². The fourth-order valence-electron chi connectivity index (χ4n) is 1.82. The Morgan fingerprint density at radius 1 is 1.27 bits per heavy atom. The van der Waals surface area contributed by atoms with Gasteiger partial charge < -0.3 is 10.2 Å². The number of nitro groups is 1. The molecular formula is C15H9FN2O4. The van der Waals surface area contributed by atoms with Gasteiger partial charge in [-0.25, -0.2) is 4.39 Å². The summed E-state index contributed by atoms with van der Waals surface area (Å²) >= 11 is 0. The Morgan fingerprint density at radius 3 is 2.59 bits per heavy atom.